The molecule has 1 aromatic heterocycles. The van der Waals surface area contributed by atoms with E-state index in [-0.39, 0.29) is 18.4 Å². The molecular formula is C29H31N3O4S. The van der Waals surface area contributed by atoms with E-state index in [1.165, 1.54) is 4.88 Å². The lowest BCUT2D eigenvalue weighted by Gasteiger charge is -2.26. The van der Waals surface area contributed by atoms with Crippen LogP contribution in [0.1, 0.15) is 44.8 Å². The number of ether oxygens (including phenoxy) is 2. The smallest absolute Gasteiger partial charge is 0.260 e. The van der Waals surface area contributed by atoms with Crippen LogP contribution in [0.4, 0.5) is 5.00 Å². The van der Waals surface area contributed by atoms with E-state index >= 15 is 0 Å². The second kappa shape index (κ2) is 12.2. The van der Waals surface area contributed by atoms with E-state index < -0.39 is 0 Å². The van der Waals surface area contributed by atoms with Gasteiger partial charge in [0.1, 0.15) is 10.8 Å². The average molecular weight is 518 g/mol. The first-order valence-corrected chi connectivity index (χ1v) is 13.6. The molecule has 2 amide bonds. The lowest BCUT2D eigenvalue weighted by molar-refractivity contribution is -0.137. The van der Waals surface area contributed by atoms with Gasteiger partial charge in [-0.15, -0.1) is 11.3 Å². The summed E-state index contributed by atoms with van der Waals surface area (Å²) < 4.78 is 11.0. The third kappa shape index (κ3) is 6.45. The highest BCUT2D eigenvalue weighted by molar-refractivity contribution is 7.16. The molecule has 1 saturated heterocycles. The van der Waals surface area contributed by atoms with Crippen molar-refractivity contribution in [2.45, 2.75) is 32.2 Å². The Kier molecular flexibility index (Phi) is 8.28. The number of hydrogen-bond acceptors (Lipinski definition) is 6. The highest BCUT2D eigenvalue weighted by Crippen LogP contribution is 2.39. The van der Waals surface area contributed by atoms with Crippen molar-refractivity contribution in [3.05, 3.63) is 81.7 Å². The van der Waals surface area contributed by atoms with E-state index in [0.29, 0.717) is 44.2 Å². The van der Waals surface area contributed by atoms with Gasteiger partial charge in [0.2, 0.25) is 0 Å². The van der Waals surface area contributed by atoms with Crippen molar-refractivity contribution < 1.29 is 19.1 Å². The summed E-state index contributed by atoms with van der Waals surface area (Å²) in [6, 6.07) is 17.4. The van der Waals surface area contributed by atoms with Crippen molar-refractivity contribution >= 4 is 34.4 Å². The van der Waals surface area contributed by atoms with Gasteiger partial charge in [-0.3, -0.25) is 9.59 Å². The van der Waals surface area contributed by atoms with Gasteiger partial charge in [-0.1, -0.05) is 30.3 Å². The molecule has 0 atom stereocenters. The molecule has 0 bridgehead atoms. The predicted octanol–water partition coefficient (Wildman–Crippen LogP) is 4.55. The lowest BCUT2D eigenvalue weighted by atomic mass is 9.95. The Balaban J connectivity index is 1.24. The van der Waals surface area contributed by atoms with E-state index in [4.69, 9.17) is 14.5 Å². The molecule has 1 aliphatic carbocycles. The zero-order chi connectivity index (χ0) is 25.5. The minimum Gasteiger partial charge on any atom is -0.484 e. The van der Waals surface area contributed by atoms with Crippen LogP contribution in [0.5, 0.6) is 5.75 Å². The van der Waals surface area contributed by atoms with Gasteiger partial charge >= 0.3 is 0 Å². The maximum Gasteiger partial charge on any atom is 0.260 e. The first-order chi connectivity index (χ1) is 18.2. The molecule has 2 aromatic carbocycles. The number of amides is 2. The molecule has 7 nitrogen and oxygen atoms in total. The summed E-state index contributed by atoms with van der Waals surface area (Å²) in [6.45, 7) is 2.86. The summed E-state index contributed by atoms with van der Waals surface area (Å²) >= 11 is 1.62. The summed E-state index contributed by atoms with van der Waals surface area (Å²) in [6.07, 6.45) is 5.96. The van der Waals surface area contributed by atoms with E-state index in [0.717, 1.165) is 47.4 Å². The first-order valence-electron chi connectivity index (χ1n) is 12.8. The fraction of sp³-hybridized carbons (Fsp3) is 0.345. The van der Waals surface area contributed by atoms with E-state index in [9.17, 15) is 9.59 Å². The highest BCUT2D eigenvalue weighted by atomic mass is 32.1. The van der Waals surface area contributed by atoms with Gasteiger partial charge in [0, 0.05) is 30.7 Å². The number of thiophene rings is 1. The maximum atomic E-state index is 13.2. The van der Waals surface area contributed by atoms with Crippen LogP contribution >= 0.6 is 11.3 Å². The Morgan fingerprint density at radius 2 is 1.78 bits per heavy atom. The lowest BCUT2D eigenvalue weighted by Crippen LogP contribution is -2.42. The number of nitrogens with one attached hydrogen (secondary N) is 1. The molecule has 2 aliphatic rings. The van der Waals surface area contributed by atoms with Crippen LogP contribution in [0.3, 0.4) is 0 Å². The van der Waals surface area contributed by atoms with Crippen molar-refractivity contribution in [1.29, 1.82) is 0 Å². The molecule has 0 spiro atoms. The van der Waals surface area contributed by atoms with Crippen molar-refractivity contribution in [2.24, 2.45) is 4.99 Å². The predicted molar refractivity (Wildman–Crippen MR) is 145 cm³/mol. The van der Waals surface area contributed by atoms with Gasteiger partial charge in [0.05, 0.1) is 18.8 Å². The molecule has 5 rings (SSSR count). The Morgan fingerprint density at radius 3 is 2.57 bits per heavy atom. The number of carbonyl (C=O) groups is 2. The van der Waals surface area contributed by atoms with Crippen LogP contribution in [-0.4, -0.2) is 55.8 Å². The van der Waals surface area contributed by atoms with Crippen molar-refractivity contribution in [2.75, 3.05) is 32.9 Å². The Morgan fingerprint density at radius 1 is 1.03 bits per heavy atom. The minimum absolute atomic E-state index is 0.00956. The molecule has 2 heterocycles. The van der Waals surface area contributed by atoms with Crippen LogP contribution < -0.4 is 10.1 Å². The van der Waals surface area contributed by atoms with Gasteiger partial charge < -0.3 is 19.7 Å². The summed E-state index contributed by atoms with van der Waals surface area (Å²) in [5.41, 5.74) is 3.84. The van der Waals surface area contributed by atoms with E-state index in [1.54, 1.807) is 22.5 Å². The van der Waals surface area contributed by atoms with Crippen LogP contribution in [0.15, 0.2) is 59.6 Å². The molecule has 3 aromatic rings. The summed E-state index contributed by atoms with van der Waals surface area (Å²) in [7, 11) is 0. The SMILES string of the molecule is O=C(NCc1ccccc1)c1c(N=Cc2ccc(OCC(=O)N3CCOCC3)cc2)sc2c1CCCC2. The van der Waals surface area contributed by atoms with Crippen molar-refractivity contribution in [3.63, 3.8) is 0 Å². The normalized spacial score (nSPS) is 15.4. The maximum absolute atomic E-state index is 13.2. The van der Waals surface area contributed by atoms with Crippen LogP contribution in [0.2, 0.25) is 0 Å². The largest absolute Gasteiger partial charge is 0.484 e. The first kappa shape index (κ1) is 25.2. The minimum atomic E-state index is -0.0657. The molecule has 1 fully saturated rings. The molecule has 8 heteroatoms. The van der Waals surface area contributed by atoms with Gasteiger partial charge in [0.25, 0.3) is 11.8 Å². The molecule has 0 unspecified atom stereocenters. The van der Waals surface area contributed by atoms with Crippen LogP contribution in [0.25, 0.3) is 0 Å². The number of fused-ring (bicyclic) bond motifs is 1. The second-order valence-corrected chi connectivity index (χ2v) is 10.3. The Labute approximate surface area is 221 Å². The standard InChI is InChI=1S/C29H31N3O4S/c33-26(32-14-16-35-17-15-32)20-36-23-12-10-22(11-13-23)19-31-29-27(24-8-4-5-9-25(24)37-29)28(34)30-18-21-6-2-1-3-7-21/h1-3,6-7,10-13,19H,4-5,8-9,14-18,20H2,(H,30,34). The molecule has 1 N–H and O–H groups in total. The average Bonchev–Trinajstić information content (AvgIpc) is 3.33. The van der Waals surface area contributed by atoms with Crippen molar-refractivity contribution in [3.8, 4) is 5.75 Å². The molecule has 0 radical (unpaired) electrons. The summed E-state index contributed by atoms with van der Waals surface area (Å²) in [5.74, 6) is 0.532. The zero-order valence-corrected chi connectivity index (χ0v) is 21.6. The summed E-state index contributed by atoms with van der Waals surface area (Å²) in [5, 5.41) is 3.84. The highest BCUT2D eigenvalue weighted by Gasteiger charge is 2.25. The molecule has 1 aliphatic heterocycles. The van der Waals surface area contributed by atoms with Gasteiger partial charge in [-0.05, 0) is 66.6 Å². The monoisotopic (exact) mass is 517 g/mol. The summed E-state index contributed by atoms with van der Waals surface area (Å²) in [4.78, 5) is 33.3. The topological polar surface area (TPSA) is 80.2 Å². The number of benzene rings is 2. The number of rotatable bonds is 8. The van der Waals surface area contributed by atoms with Crippen LogP contribution in [0, 0.1) is 0 Å². The number of aryl methyl sites for hydroxylation is 1. The Hall–Kier alpha value is -3.49. The van der Waals surface area contributed by atoms with Gasteiger partial charge in [-0.25, -0.2) is 4.99 Å². The second-order valence-electron chi connectivity index (χ2n) is 9.17. The third-order valence-electron chi connectivity index (χ3n) is 6.61. The van der Waals surface area contributed by atoms with E-state index in [1.807, 2.05) is 54.6 Å². The zero-order valence-electron chi connectivity index (χ0n) is 20.8. The Bertz CT molecular complexity index is 1250. The number of aliphatic imine (C=N–C) groups is 1. The quantitative estimate of drug-likeness (QED) is 0.445. The number of morpholine rings is 1. The third-order valence-corrected chi connectivity index (χ3v) is 7.81. The number of hydrogen-bond donors (Lipinski definition) is 1. The fourth-order valence-electron chi connectivity index (χ4n) is 4.58. The van der Waals surface area contributed by atoms with Crippen molar-refractivity contribution in [1.82, 2.24) is 10.2 Å². The fourth-order valence-corrected chi connectivity index (χ4v) is 5.81. The molecule has 192 valence electrons. The van der Waals surface area contributed by atoms with Gasteiger partial charge in [-0.2, -0.15) is 0 Å². The molecule has 0 saturated carbocycles. The number of nitrogens with zero attached hydrogens (tertiary/aromatic N) is 2. The van der Waals surface area contributed by atoms with Gasteiger partial charge in [0.15, 0.2) is 6.61 Å². The molecule has 37 heavy (non-hydrogen) atoms. The number of carbonyl (C=O) groups excluding carboxylic acids is 2. The molecular weight excluding hydrogens is 486 g/mol. The van der Waals surface area contributed by atoms with Crippen LogP contribution in [-0.2, 0) is 28.9 Å². The van der Waals surface area contributed by atoms with E-state index in [2.05, 4.69) is 5.32 Å².